The number of ether oxygens (including phenoxy) is 5. The van der Waals surface area contributed by atoms with Crippen molar-refractivity contribution in [1.29, 1.82) is 0 Å². The number of Topliss-reactive ketones (excluding diaryl/α,β-unsaturated/α-hetero) is 1. The summed E-state index contributed by atoms with van der Waals surface area (Å²) < 4.78 is 43.4. The van der Waals surface area contributed by atoms with E-state index in [-0.39, 0.29) is 36.3 Å². The summed E-state index contributed by atoms with van der Waals surface area (Å²) in [7, 11) is 5.39. The minimum absolute atomic E-state index is 0.0170. The molecular formula is C43H71FN8O9S. The number of hydrogen-bond acceptors (Lipinski definition) is 16. The first-order valence-corrected chi connectivity index (χ1v) is 22.8. The van der Waals surface area contributed by atoms with Gasteiger partial charge in [-0.1, -0.05) is 32.1 Å². The molecular weight excluding hydrogens is 824 g/mol. The van der Waals surface area contributed by atoms with Crippen LogP contribution in [-0.4, -0.2) is 153 Å². The molecule has 0 radical (unpaired) electrons. The molecule has 3 fully saturated rings. The van der Waals surface area contributed by atoms with E-state index in [4.69, 9.17) is 29.4 Å². The molecule has 0 saturated carbocycles. The summed E-state index contributed by atoms with van der Waals surface area (Å²) in [5.41, 5.74) is 4.82. The Hall–Kier alpha value is -3.46. The number of likely N-dealkylation sites (N-methyl/N-ethyl adjacent to an activating group) is 1. The Morgan fingerprint density at radius 2 is 1.77 bits per heavy atom. The predicted molar refractivity (Wildman–Crippen MR) is 234 cm³/mol. The van der Waals surface area contributed by atoms with Crippen LogP contribution in [0.1, 0.15) is 87.5 Å². The molecule has 5 rings (SSSR count). The monoisotopic (exact) mass is 895 g/mol. The molecule has 3 aliphatic heterocycles. The van der Waals surface area contributed by atoms with Gasteiger partial charge in [-0.25, -0.2) is 9.78 Å². The quantitative estimate of drug-likeness (QED) is 0.156. The lowest BCUT2D eigenvalue weighted by Crippen LogP contribution is -2.61. The first-order valence-electron chi connectivity index (χ1n) is 21.7. The van der Waals surface area contributed by atoms with Crippen molar-refractivity contribution >= 4 is 35.8 Å². The fourth-order valence-corrected chi connectivity index (χ4v) is 9.33. The summed E-state index contributed by atoms with van der Waals surface area (Å²) in [4.78, 5) is 50.2. The molecule has 1 amide bonds. The SMILES string of the molecule is CC[C@H]1OC(=O)[C@H](C)C(=O)[C@H](C)[C@@H](O[C@@H]2O[C@H](C)CC(N(C)C)C2O)[C@](C)(OC)C[C@@H](C)CN[C@H](C)[C@H]2N(CCCCn3cc(-c4cccc(N)n4)nn3)C(=O)O[C@]12C.CSF. The van der Waals surface area contributed by atoms with Crippen molar-refractivity contribution < 1.29 is 47.1 Å². The molecule has 0 aliphatic carbocycles. The summed E-state index contributed by atoms with van der Waals surface area (Å²) in [6.45, 7) is 16.4. The minimum atomic E-state index is -1.24. The normalized spacial score (nSPS) is 35.0. The molecule has 13 atom stereocenters. The van der Waals surface area contributed by atoms with Crippen molar-refractivity contribution in [1.82, 2.24) is 35.1 Å². The summed E-state index contributed by atoms with van der Waals surface area (Å²) in [6.07, 6.45) is 1.44. The summed E-state index contributed by atoms with van der Waals surface area (Å²) >= 11 is 0.250. The molecule has 0 spiro atoms. The van der Waals surface area contributed by atoms with Gasteiger partial charge in [0.2, 0.25) is 0 Å². The first kappa shape index (κ1) is 51.2. The average Bonchev–Trinajstić information content (AvgIpc) is 3.80. The van der Waals surface area contributed by atoms with Gasteiger partial charge < -0.3 is 44.7 Å². The zero-order valence-electron chi connectivity index (χ0n) is 38.6. The van der Waals surface area contributed by atoms with Crippen LogP contribution in [-0.2, 0) is 39.8 Å². The number of aliphatic hydroxyl groups excluding tert-OH is 1. The lowest BCUT2D eigenvalue weighted by atomic mass is 9.78. The van der Waals surface area contributed by atoms with Crippen LogP contribution in [0.3, 0.4) is 0 Å². The van der Waals surface area contributed by atoms with Crippen LogP contribution in [0.15, 0.2) is 24.4 Å². The van der Waals surface area contributed by atoms with Crippen LogP contribution in [0.4, 0.5) is 14.5 Å². The molecule has 17 nitrogen and oxygen atoms in total. The largest absolute Gasteiger partial charge is 0.458 e. The van der Waals surface area contributed by atoms with E-state index >= 15 is 0 Å². The van der Waals surface area contributed by atoms with Gasteiger partial charge >= 0.3 is 12.1 Å². The molecule has 2 unspecified atom stereocenters. The Morgan fingerprint density at radius 3 is 2.40 bits per heavy atom. The number of aromatic nitrogens is 4. The Morgan fingerprint density at radius 1 is 1.10 bits per heavy atom. The Balaban J connectivity index is 0.00000273. The maximum Gasteiger partial charge on any atom is 0.410 e. The number of rotatable bonds is 11. The summed E-state index contributed by atoms with van der Waals surface area (Å²) in [5.74, 6) is -2.78. The van der Waals surface area contributed by atoms with E-state index in [0.29, 0.717) is 68.9 Å². The zero-order chi connectivity index (χ0) is 46.1. The second kappa shape index (κ2) is 22.4. The number of pyridine rings is 1. The summed E-state index contributed by atoms with van der Waals surface area (Å²) in [6, 6.07) is 4.30. The number of nitrogens with two attached hydrogens (primary N) is 1. The number of esters is 1. The van der Waals surface area contributed by atoms with Crippen molar-refractivity contribution in [3.8, 4) is 11.4 Å². The number of fused-ring (bicyclic) bond motifs is 1. The number of aryl methyl sites for hydroxylation is 1. The fraction of sp³-hybridized carbons (Fsp3) is 0.767. The maximum atomic E-state index is 14.4. The number of unbranched alkanes of at least 4 members (excludes halogenated alkanes) is 1. The van der Waals surface area contributed by atoms with Crippen LogP contribution in [0, 0.1) is 17.8 Å². The highest BCUT2D eigenvalue weighted by molar-refractivity contribution is 7.93. The maximum absolute atomic E-state index is 14.4. The van der Waals surface area contributed by atoms with Crippen LogP contribution in [0.5, 0.6) is 0 Å². The molecule has 0 aromatic carbocycles. The fourth-order valence-electron chi connectivity index (χ4n) is 9.33. The summed E-state index contributed by atoms with van der Waals surface area (Å²) in [5, 5.41) is 23.6. The van der Waals surface area contributed by atoms with Crippen molar-refractivity contribution in [2.45, 2.75) is 154 Å². The lowest BCUT2D eigenvalue weighted by Gasteiger charge is -2.46. The molecule has 350 valence electrons. The standard InChI is InChI=1S/C42H68N8O9.CH3FS/c1-12-32-42(8)36(50(40(54)59-42)19-14-13-18-49-23-30(46-47-49)29-16-15-17-33(43)45-29)28(6)44-22-24(2)21-41(7,55-11)37(26(4)34(51)27(5)38(53)57-32)58-39-35(52)31(48(9)10)20-25(3)56-39;1-3-2/h15-17,23-28,31-32,35-37,39,44,52H,12-14,18-22H2,1-11H3,(H2,43,45);1H3/t24-,25-,26+,27-,28-,31?,32-,35?,36-,37-,39+,41-,42-;/m1./s1. The van der Waals surface area contributed by atoms with Gasteiger partial charge in [-0.15, -0.1) is 5.10 Å². The topological polar surface area (TPSA) is 206 Å². The molecule has 3 saturated heterocycles. The van der Waals surface area contributed by atoms with Crippen molar-refractivity contribution in [3.05, 3.63) is 24.4 Å². The number of carbonyl (C=O) groups excluding carboxylic acids is 3. The lowest BCUT2D eigenvalue weighted by molar-refractivity contribution is -0.295. The molecule has 5 heterocycles. The van der Waals surface area contributed by atoms with Crippen molar-refractivity contribution in [2.75, 3.05) is 46.3 Å². The number of ketones is 1. The highest BCUT2D eigenvalue weighted by Gasteiger charge is 2.58. The smallest absolute Gasteiger partial charge is 0.410 e. The van der Waals surface area contributed by atoms with Crippen LogP contribution >= 0.6 is 12.1 Å². The van der Waals surface area contributed by atoms with E-state index in [2.05, 4.69) is 27.5 Å². The molecule has 2 aromatic rings. The Kier molecular flexibility index (Phi) is 18.5. The van der Waals surface area contributed by atoms with E-state index in [0.717, 1.165) is 0 Å². The predicted octanol–water partition coefficient (Wildman–Crippen LogP) is 4.91. The second-order valence-electron chi connectivity index (χ2n) is 17.8. The Bertz CT molecular complexity index is 1780. The second-order valence-corrected chi connectivity index (χ2v) is 18.1. The van der Waals surface area contributed by atoms with Crippen LogP contribution in [0.25, 0.3) is 11.4 Å². The third-order valence-electron chi connectivity index (χ3n) is 12.7. The number of methoxy groups -OCH3 is 1. The van der Waals surface area contributed by atoms with E-state index < -0.39 is 71.5 Å². The number of nitrogen functional groups attached to an aromatic ring is 1. The van der Waals surface area contributed by atoms with Gasteiger partial charge in [-0.2, -0.15) is 3.89 Å². The van der Waals surface area contributed by atoms with Gasteiger partial charge in [0.25, 0.3) is 0 Å². The van der Waals surface area contributed by atoms with E-state index in [1.165, 1.54) is 13.2 Å². The number of anilines is 1. The van der Waals surface area contributed by atoms with Gasteiger partial charge in [-0.05, 0) is 105 Å². The number of carbonyl (C=O) groups is 3. The highest BCUT2D eigenvalue weighted by atomic mass is 32.2. The molecule has 3 aliphatic rings. The van der Waals surface area contributed by atoms with Gasteiger partial charge in [0.05, 0.1) is 35.7 Å². The third kappa shape index (κ3) is 12.0. The van der Waals surface area contributed by atoms with E-state index in [1.54, 1.807) is 29.7 Å². The highest BCUT2D eigenvalue weighted by Crippen LogP contribution is 2.40. The van der Waals surface area contributed by atoms with Crippen LogP contribution in [0.2, 0.25) is 0 Å². The number of nitrogens with zero attached hydrogens (tertiary/aromatic N) is 6. The molecule has 2 aromatic heterocycles. The van der Waals surface area contributed by atoms with E-state index in [9.17, 15) is 23.4 Å². The molecule has 0 bridgehead atoms. The molecule has 62 heavy (non-hydrogen) atoms. The van der Waals surface area contributed by atoms with E-state index in [1.807, 2.05) is 71.9 Å². The van der Waals surface area contributed by atoms with Crippen molar-refractivity contribution in [2.24, 2.45) is 17.8 Å². The number of nitrogens with one attached hydrogen (secondary N) is 1. The Labute approximate surface area is 370 Å². The minimum Gasteiger partial charge on any atom is -0.458 e. The number of halogens is 1. The van der Waals surface area contributed by atoms with Gasteiger partial charge in [-0.3, -0.25) is 19.2 Å². The number of aliphatic hydroxyl groups is 1. The van der Waals surface area contributed by atoms with Gasteiger partial charge in [0.15, 0.2) is 17.7 Å². The number of hydrogen-bond donors (Lipinski definition) is 3. The number of amides is 1. The van der Waals surface area contributed by atoms with Crippen molar-refractivity contribution in [3.63, 3.8) is 0 Å². The van der Waals surface area contributed by atoms with Crippen LogP contribution < -0.4 is 11.1 Å². The zero-order valence-corrected chi connectivity index (χ0v) is 39.4. The molecule has 4 N–H and O–H groups in total. The van der Waals surface area contributed by atoms with Gasteiger partial charge in [0.1, 0.15) is 29.6 Å². The average molecular weight is 895 g/mol. The molecule has 19 heteroatoms. The third-order valence-corrected chi connectivity index (χ3v) is 12.7. The first-order chi connectivity index (χ1) is 29.2. The van der Waals surface area contributed by atoms with Gasteiger partial charge in [0, 0.05) is 56.6 Å². The number of cyclic esters (lactones) is 1.